The second-order valence-electron chi connectivity index (χ2n) is 4.34. The SMILES string of the molecule is N#Cc1cccc(-n2c(Cl)nc3ccc(I)cc3c2=O)c1. The van der Waals surface area contributed by atoms with Crippen molar-refractivity contribution in [3.05, 3.63) is 67.2 Å². The zero-order valence-corrected chi connectivity index (χ0v) is 13.5. The summed E-state index contributed by atoms with van der Waals surface area (Å²) in [5.41, 5.74) is 1.28. The van der Waals surface area contributed by atoms with E-state index in [2.05, 4.69) is 27.6 Å². The molecule has 102 valence electrons. The van der Waals surface area contributed by atoms with E-state index in [1.165, 1.54) is 4.57 Å². The van der Waals surface area contributed by atoms with E-state index in [1.54, 1.807) is 36.4 Å². The highest BCUT2D eigenvalue weighted by Crippen LogP contribution is 2.18. The lowest BCUT2D eigenvalue weighted by atomic mass is 10.2. The molecule has 1 heterocycles. The van der Waals surface area contributed by atoms with Gasteiger partial charge in [0, 0.05) is 3.57 Å². The van der Waals surface area contributed by atoms with E-state index in [1.807, 2.05) is 12.1 Å². The van der Waals surface area contributed by atoms with Gasteiger partial charge in [0.15, 0.2) is 0 Å². The second kappa shape index (κ2) is 5.47. The quantitative estimate of drug-likeness (QED) is 0.458. The number of rotatable bonds is 1. The molecule has 0 aliphatic heterocycles. The van der Waals surface area contributed by atoms with E-state index in [4.69, 9.17) is 16.9 Å². The predicted octanol–water partition coefficient (Wildman–Crippen LogP) is 3.52. The summed E-state index contributed by atoms with van der Waals surface area (Å²) in [6, 6.07) is 14.1. The van der Waals surface area contributed by atoms with E-state index in [-0.39, 0.29) is 10.8 Å². The van der Waals surface area contributed by atoms with Crippen LogP contribution in [-0.2, 0) is 0 Å². The number of halogens is 2. The minimum absolute atomic E-state index is 0.0730. The van der Waals surface area contributed by atoms with Crippen LogP contribution in [0.1, 0.15) is 5.56 Å². The molecule has 3 aromatic rings. The van der Waals surface area contributed by atoms with Gasteiger partial charge >= 0.3 is 0 Å². The highest BCUT2D eigenvalue weighted by Gasteiger charge is 2.11. The lowest BCUT2D eigenvalue weighted by Crippen LogP contribution is -2.20. The summed E-state index contributed by atoms with van der Waals surface area (Å²) >= 11 is 8.28. The summed E-state index contributed by atoms with van der Waals surface area (Å²) in [6.45, 7) is 0. The molecule has 0 saturated carbocycles. The van der Waals surface area contributed by atoms with E-state index in [0.717, 1.165) is 3.57 Å². The van der Waals surface area contributed by atoms with Gasteiger partial charge in [0.05, 0.1) is 28.2 Å². The van der Waals surface area contributed by atoms with Crippen LogP contribution in [0.3, 0.4) is 0 Å². The van der Waals surface area contributed by atoms with Gasteiger partial charge < -0.3 is 0 Å². The van der Waals surface area contributed by atoms with Crippen molar-refractivity contribution in [1.82, 2.24) is 9.55 Å². The molecule has 0 N–H and O–H groups in total. The Morgan fingerprint density at radius 2 is 2.05 bits per heavy atom. The average Bonchev–Trinajstić information content (AvgIpc) is 2.48. The highest BCUT2D eigenvalue weighted by molar-refractivity contribution is 14.1. The third kappa shape index (κ3) is 2.52. The van der Waals surface area contributed by atoms with E-state index < -0.39 is 0 Å². The molecule has 4 nitrogen and oxygen atoms in total. The van der Waals surface area contributed by atoms with Gasteiger partial charge in [-0.05, 0) is 70.6 Å². The highest BCUT2D eigenvalue weighted by atomic mass is 127. The maximum absolute atomic E-state index is 12.7. The maximum Gasteiger partial charge on any atom is 0.266 e. The number of benzene rings is 2. The van der Waals surface area contributed by atoms with E-state index in [9.17, 15) is 4.79 Å². The first-order valence-electron chi connectivity index (χ1n) is 5.98. The van der Waals surface area contributed by atoms with Crippen LogP contribution in [-0.4, -0.2) is 9.55 Å². The van der Waals surface area contributed by atoms with Crippen LogP contribution in [0.2, 0.25) is 5.28 Å². The van der Waals surface area contributed by atoms with Crippen molar-refractivity contribution in [2.24, 2.45) is 0 Å². The minimum atomic E-state index is -0.251. The van der Waals surface area contributed by atoms with Gasteiger partial charge in [0.1, 0.15) is 0 Å². The molecular weight excluding hydrogens is 401 g/mol. The molecule has 0 bridgehead atoms. The fourth-order valence-electron chi connectivity index (χ4n) is 2.07. The van der Waals surface area contributed by atoms with Crippen LogP contribution in [0.5, 0.6) is 0 Å². The van der Waals surface area contributed by atoms with Crippen molar-refractivity contribution in [3.63, 3.8) is 0 Å². The zero-order chi connectivity index (χ0) is 15.0. The van der Waals surface area contributed by atoms with Crippen molar-refractivity contribution in [2.45, 2.75) is 0 Å². The molecule has 6 heteroatoms. The first kappa shape index (κ1) is 14.0. The Kier molecular flexibility index (Phi) is 3.66. The molecule has 21 heavy (non-hydrogen) atoms. The molecule has 1 aromatic heterocycles. The molecule has 0 saturated heterocycles. The number of hydrogen-bond acceptors (Lipinski definition) is 3. The maximum atomic E-state index is 12.7. The van der Waals surface area contributed by atoms with Gasteiger partial charge in [-0.25, -0.2) is 4.98 Å². The fourth-order valence-corrected chi connectivity index (χ4v) is 2.83. The third-order valence-electron chi connectivity index (χ3n) is 3.02. The number of hydrogen-bond donors (Lipinski definition) is 0. The number of nitriles is 1. The standard InChI is InChI=1S/C15H7ClIN3O/c16-15-19-13-5-4-10(17)7-12(13)14(21)20(15)11-3-1-2-9(6-11)8-18/h1-7H. The Hall–Kier alpha value is -1.91. The summed E-state index contributed by atoms with van der Waals surface area (Å²) in [4.78, 5) is 16.9. The molecule has 0 atom stereocenters. The molecule has 0 unspecified atom stereocenters. The lowest BCUT2D eigenvalue weighted by molar-refractivity contribution is 0.963. The predicted molar refractivity (Wildman–Crippen MR) is 89.8 cm³/mol. The molecule has 0 radical (unpaired) electrons. The largest absolute Gasteiger partial charge is 0.268 e. The number of aromatic nitrogens is 2. The number of fused-ring (bicyclic) bond motifs is 1. The summed E-state index contributed by atoms with van der Waals surface area (Å²) in [5.74, 6) is 0. The molecule has 0 fully saturated rings. The Labute approximate surface area is 138 Å². The minimum Gasteiger partial charge on any atom is -0.268 e. The van der Waals surface area contributed by atoms with Crippen LogP contribution in [0.25, 0.3) is 16.6 Å². The first-order chi connectivity index (χ1) is 10.1. The molecule has 0 amide bonds. The monoisotopic (exact) mass is 407 g/mol. The van der Waals surface area contributed by atoms with E-state index >= 15 is 0 Å². The van der Waals surface area contributed by atoms with Gasteiger partial charge in [0.2, 0.25) is 5.28 Å². The Bertz CT molecular complexity index is 959. The zero-order valence-electron chi connectivity index (χ0n) is 10.5. The number of nitrogens with zero attached hydrogens (tertiary/aromatic N) is 3. The smallest absolute Gasteiger partial charge is 0.266 e. The van der Waals surface area contributed by atoms with Crippen LogP contribution < -0.4 is 5.56 Å². The molecular formula is C15H7ClIN3O. The Balaban J connectivity index is 2.37. The van der Waals surface area contributed by atoms with Gasteiger partial charge in [-0.1, -0.05) is 6.07 Å². The van der Waals surface area contributed by atoms with Crippen molar-refractivity contribution in [1.29, 1.82) is 5.26 Å². The first-order valence-corrected chi connectivity index (χ1v) is 7.44. The molecule has 0 aliphatic rings. The van der Waals surface area contributed by atoms with Gasteiger partial charge in [-0.2, -0.15) is 5.26 Å². The Morgan fingerprint density at radius 1 is 1.24 bits per heavy atom. The average molecular weight is 408 g/mol. The van der Waals surface area contributed by atoms with Crippen LogP contribution in [0.15, 0.2) is 47.3 Å². The van der Waals surface area contributed by atoms with Crippen LogP contribution in [0, 0.1) is 14.9 Å². The van der Waals surface area contributed by atoms with Crippen molar-refractivity contribution in [3.8, 4) is 11.8 Å². The molecule has 0 aliphatic carbocycles. The van der Waals surface area contributed by atoms with Gasteiger partial charge in [-0.15, -0.1) is 0 Å². The molecule has 3 rings (SSSR count). The second-order valence-corrected chi connectivity index (χ2v) is 5.93. The van der Waals surface area contributed by atoms with Crippen molar-refractivity contribution >= 4 is 45.1 Å². The Morgan fingerprint density at radius 3 is 2.81 bits per heavy atom. The van der Waals surface area contributed by atoms with Crippen molar-refractivity contribution < 1.29 is 0 Å². The summed E-state index contributed by atoms with van der Waals surface area (Å²) < 4.78 is 2.25. The summed E-state index contributed by atoms with van der Waals surface area (Å²) in [6.07, 6.45) is 0. The van der Waals surface area contributed by atoms with Gasteiger partial charge in [0.25, 0.3) is 5.56 Å². The van der Waals surface area contributed by atoms with Crippen LogP contribution in [0.4, 0.5) is 0 Å². The van der Waals surface area contributed by atoms with Crippen LogP contribution >= 0.6 is 34.2 Å². The lowest BCUT2D eigenvalue weighted by Gasteiger charge is -2.09. The normalized spacial score (nSPS) is 10.5. The summed E-state index contributed by atoms with van der Waals surface area (Å²) in [5, 5.41) is 9.54. The van der Waals surface area contributed by atoms with Gasteiger partial charge in [-0.3, -0.25) is 9.36 Å². The molecule has 2 aromatic carbocycles. The van der Waals surface area contributed by atoms with E-state index in [0.29, 0.717) is 22.2 Å². The topological polar surface area (TPSA) is 58.7 Å². The van der Waals surface area contributed by atoms with Crippen molar-refractivity contribution in [2.75, 3.05) is 0 Å². The third-order valence-corrected chi connectivity index (χ3v) is 3.95. The molecule has 0 spiro atoms. The summed E-state index contributed by atoms with van der Waals surface area (Å²) in [7, 11) is 0. The fraction of sp³-hybridized carbons (Fsp3) is 0.